The molecule has 0 aromatic carbocycles. The molecule has 0 amide bonds. The lowest BCUT2D eigenvalue weighted by molar-refractivity contribution is -0.143. The Morgan fingerprint density at radius 2 is 0.730 bits per heavy atom. The molecule has 37 heavy (non-hydrogen) atoms. The predicted octanol–water partition coefficient (Wildman–Crippen LogP) is 12.4. The molecule has 0 heterocycles. The first-order valence-corrected chi connectivity index (χ1v) is 17.1. The van der Waals surface area contributed by atoms with Crippen molar-refractivity contribution in [3.05, 3.63) is 12.7 Å². The molecule has 0 saturated carbocycles. The summed E-state index contributed by atoms with van der Waals surface area (Å²) in [7, 11) is 0. The first kappa shape index (κ1) is 36.2. The van der Waals surface area contributed by atoms with Crippen LogP contribution in [-0.4, -0.2) is 12.1 Å². The van der Waals surface area contributed by atoms with E-state index in [4.69, 9.17) is 4.74 Å². The van der Waals surface area contributed by atoms with Gasteiger partial charge in [-0.3, -0.25) is 0 Å². The Hall–Kier alpha value is -0.790. The Morgan fingerprint density at radius 3 is 0.973 bits per heavy atom. The first-order valence-electron chi connectivity index (χ1n) is 17.1. The van der Waals surface area contributed by atoms with Gasteiger partial charge < -0.3 is 4.74 Å². The molecule has 0 aliphatic heterocycles. The Kier molecular flexibility index (Phi) is 30.8. The third-order valence-corrected chi connectivity index (χ3v) is 7.96. The summed E-state index contributed by atoms with van der Waals surface area (Å²) < 4.78 is 5.66. The minimum atomic E-state index is -0.245. The van der Waals surface area contributed by atoms with Crippen molar-refractivity contribution in [3.8, 4) is 0 Å². The van der Waals surface area contributed by atoms with Gasteiger partial charge in [0.15, 0.2) is 0 Å². The number of esters is 1. The molecule has 0 spiro atoms. The van der Waals surface area contributed by atoms with Crippen molar-refractivity contribution in [3.63, 3.8) is 0 Å². The number of hydrogen-bond donors (Lipinski definition) is 0. The van der Waals surface area contributed by atoms with Crippen LogP contribution in [0, 0.1) is 0 Å². The Bertz CT molecular complexity index is 458. The average molecular weight is 521 g/mol. The van der Waals surface area contributed by atoms with Gasteiger partial charge in [0, 0.05) is 6.08 Å². The largest absolute Gasteiger partial charge is 0.459 e. The van der Waals surface area contributed by atoms with Gasteiger partial charge in [-0.15, -0.1) is 0 Å². The van der Waals surface area contributed by atoms with Crippen molar-refractivity contribution in [2.75, 3.05) is 0 Å². The minimum absolute atomic E-state index is 0.0931. The molecule has 2 heteroatoms. The number of rotatable bonds is 31. The van der Waals surface area contributed by atoms with Crippen molar-refractivity contribution in [1.82, 2.24) is 0 Å². The second-order valence-electron chi connectivity index (χ2n) is 11.7. The smallest absolute Gasteiger partial charge is 0.330 e. The van der Waals surface area contributed by atoms with Crippen LogP contribution in [0.5, 0.6) is 0 Å². The fourth-order valence-electron chi connectivity index (χ4n) is 5.43. The zero-order chi connectivity index (χ0) is 27.1. The highest BCUT2D eigenvalue weighted by molar-refractivity contribution is 5.81. The third-order valence-electron chi connectivity index (χ3n) is 7.96. The summed E-state index contributed by atoms with van der Waals surface area (Å²) in [6.07, 6.45) is 40.7. The normalized spacial score (nSPS) is 12.1. The summed E-state index contributed by atoms with van der Waals surface area (Å²) in [5, 5.41) is 0. The SMILES string of the molecule is C=CC(=O)OC(CCCCCCCCCCCCCCC)CCCCCCCCCCCCCCCC. The molecule has 0 rings (SSSR count). The van der Waals surface area contributed by atoms with Crippen molar-refractivity contribution in [2.24, 2.45) is 0 Å². The van der Waals surface area contributed by atoms with Crippen LogP contribution in [0.2, 0.25) is 0 Å². The second-order valence-corrected chi connectivity index (χ2v) is 11.7. The standard InChI is InChI=1S/C35H68O2/c1-4-7-9-11-13-15-17-19-21-23-25-27-29-31-33-34(37-35(36)6-3)32-30-28-26-24-22-20-18-16-14-12-10-8-5-2/h6,34H,3-5,7-33H2,1-2H3. The molecule has 0 saturated heterocycles. The molecule has 2 nitrogen and oxygen atoms in total. The molecule has 0 aliphatic carbocycles. The summed E-state index contributed by atoms with van der Waals surface area (Å²) in [6.45, 7) is 8.16. The van der Waals surface area contributed by atoms with Gasteiger partial charge in [-0.1, -0.05) is 181 Å². The maximum absolute atomic E-state index is 11.8. The molecule has 0 N–H and O–H groups in total. The van der Waals surface area contributed by atoms with Gasteiger partial charge in [0.25, 0.3) is 0 Å². The van der Waals surface area contributed by atoms with Crippen molar-refractivity contribution in [2.45, 2.75) is 206 Å². The van der Waals surface area contributed by atoms with Crippen LogP contribution in [0.3, 0.4) is 0 Å². The highest BCUT2D eigenvalue weighted by Gasteiger charge is 2.12. The van der Waals surface area contributed by atoms with E-state index in [9.17, 15) is 4.79 Å². The Balaban J connectivity index is 3.61. The van der Waals surface area contributed by atoms with Crippen LogP contribution in [0.1, 0.15) is 200 Å². The van der Waals surface area contributed by atoms with Crippen LogP contribution >= 0.6 is 0 Å². The highest BCUT2D eigenvalue weighted by Crippen LogP contribution is 2.18. The Labute approximate surface area is 234 Å². The van der Waals surface area contributed by atoms with Crippen LogP contribution in [0.25, 0.3) is 0 Å². The number of ether oxygens (including phenoxy) is 1. The number of hydrogen-bond acceptors (Lipinski definition) is 2. The summed E-state index contributed by atoms with van der Waals surface area (Å²) in [4.78, 5) is 11.8. The number of carbonyl (C=O) groups excluding carboxylic acids is 1. The lowest BCUT2D eigenvalue weighted by Gasteiger charge is -2.17. The first-order chi connectivity index (χ1) is 18.2. The molecule has 1 atom stereocenters. The molecule has 0 aromatic heterocycles. The molecule has 0 aromatic rings. The van der Waals surface area contributed by atoms with Gasteiger partial charge in [0.05, 0.1) is 0 Å². The van der Waals surface area contributed by atoms with E-state index in [0.717, 1.165) is 12.8 Å². The van der Waals surface area contributed by atoms with E-state index in [1.165, 1.54) is 179 Å². The van der Waals surface area contributed by atoms with Crippen LogP contribution in [0.15, 0.2) is 12.7 Å². The van der Waals surface area contributed by atoms with E-state index in [0.29, 0.717) is 0 Å². The topological polar surface area (TPSA) is 26.3 Å². The predicted molar refractivity (Wildman–Crippen MR) is 165 cm³/mol. The molecule has 0 fully saturated rings. The molecule has 0 aliphatic rings. The maximum Gasteiger partial charge on any atom is 0.330 e. The van der Waals surface area contributed by atoms with Gasteiger partial charge >= 0.3 is 5.97 Å². The van der Waals surface area contributed by atoms with Gasteiger partial charge in [-0.2, -0.15) is 0 Å². The van der Waals surface area contributed by atoms with Gasteiger partial charge in [0.2, 0.25) is 0 Å². The Morgan fingerprint density at radius 1 is 0.486 bits per heavy atom. The number of carbonyl (C=O) groups is 1. The fourth-order valence-corrected chi connectivity index (χ4v) is 5.43. The molecular weight excluding hydrogens is 452 g/mol. The molecule has 1 unspecified atom stereocenters. The lowest BCUT2D eigenvalue weighted by Crippen LogP contribution is -2.16. The van der Waals surface area contributed by atoms with Crippen LogP contribution in [0.4, 0.5) is 0 Å². The van der Waals surface area contributed by atoms with Crippen molar-refractivity contribution < 1.29 is 9.53 Å². The summed E-state index contributed by atoms with van der Waals surface area (Å²) in [5.41, 5.74) is 0. The van der Waals surface area contributed by atoms with Gasteiger partial charge in [0.1, 0.15) is 6.10 Å². The summed E-state index contributed by atoms with van der Waals surface area (Å²) in [5.74, 6) is -0.245. The zero-order valence-corrected chi connectivity index (χ0v) is 25.7. The monoisotopic (exact) mass is 521 g/mol. The fraction of sp³-hybridized carbons (Fsp3) is 0.914. The maximum atomic E-state index is 11.8. The average Bonchev–Trinajstić information content (AvgIpc) is 2.91. The zero-order valence-electron chi connectivity index (χ0n) is 25.7. The van der Waals surface area contributed by atoms with Gasteiger partial charge in [-0.25, -0.2) is 4.79 Å². The molecular formula is C35H68O2. The summed E-state index contributed by atoms with van der Waals surface area (Å²) >= 11 is 0. The van der Waals surface area contributed by atoms with Crippen LogP contribution < -0.4 is 0 Å². The summed E-state index contributed by atoms with van der Waals surface area (Å²) in [6, 6.07) is 0. The van der Waals surface area contributed by atoms with E-state index in [1.807, 2.05) is 0 Å². The van der Waals surface area contributed by atoms with Gasteiger partial charge in [-0.05, 0) is 25.7 Å². The van der Waals surface area contributed by atoms with E-state index in [1.54, 1.807) is 0 Å². The number of unbranched alkanes of at least 4 members (excludes halogenated alkanes) is 25. The minimum Gasteiger partial charge on any atom is -0.459 e. The second kappa shape index (κ2) is 31.4. The van der Waals surface area contributed by atoms with E-state index < -0.39 is 0 Å². The molecule has 220 valence electrons. The van der Waals surface area contributed by atoms with Crippen molar-refractivity contribution in [1.29, 1.82) is 0 Å². The molecule has 0 radical (unpaired) electrons. The van der Waals surface area contributed by atoms with E-state index in [2.05, 4.69) is 20.4 Å². The quantitative estimate of drug-likeness (QED) is 0.0516. The van der Waals surface area contributed by atoms with Crippen LogP contribution in [-0.2, 0) is 9.53 Å². The lowest BCUT2D eigenvalue weighted by atomic mass is 10.0. The van der Waals surface area contributed by atoms with E-state index >= 15 is 0 Å². The van der Waals surface area contributed by atoms with Crippen molar-refractivity contribution >= 4 is 5.97 Å². The third kappa shape index (κ3) is 29.6. The van der Waals surface area contributed by atoms with E-state index in [-0.39, 0.29) is 12.1 Å². The highest BCUT2D eigenvalue weighted by atomic mass is 16.5. The molecule has 0 bridgehead atoms.